The first-order valence-electron chi connectivity index (χ1n) is 6.74. The van der Waals surface area contributed by atoms with Crippen LogP contribution in [0.1, 0.15) is 49.7 Å². The fourth-order valence-corrected chi connectivity index (χ4v) is 2.64. The number of hydrogen-bond donors (Lipinski definition) is 1. The van der Waals surface area contributed by atoms with Gasteiger partial charge >= 0.3 is 0 Å². The van der Waals surface area contributed by atoms with Crippen LogP contribution >= 0.6 is 12.2 Å². The van der Waals surface area contributed by atoms with Gasteiger partial charge in [0, 0.05) is 0 Å². The average Bonchev–Trinajstić information content (AvgIpc) is 2.60. The first kappa shape index (κ1) is 13.3. The van der Waals surface area contributed by atoms with E-state index in [2.05, 4.69) is 0 Å². The average molecular weight is 263 g/mol. The Morgan fingerprint density at radius 1 is 1.22 bits per heavy atom. The van der Waals surface area contributed by atoms with Crippen LogP contribution in [0.15, 0.2) is 18.2 Å². The number of nitrogens with two attached hydrogens (primary N) is 1. The van der Waals surface area contributed by atoms with Crippen LogP contribution in [0.3, 0.4) is 0 Å². The van der Waals surface area contributed by atoms with Gasteiger partial charge in [-0.3, -0.25) is 0 Å². The highest BCUT2D eigenvalue weighted by Gasteiger charge is 2.16. The Labute approximate surface area is 115 Å². The fourth-order valence-electron chi connectivity index (χ4n) is 2.48. The zero-order valence-corrected chi connectivity index (χ0v) is 11.8. The normalized spacial score (nSPS) is 17.2. The van der Waals surface area contributed by atoms with E-state index in [4.69, 9.17) is 22.7 Å². The van der Waals surface area contributed by atoms with E-state index in [0.717, 1.165) is 29.7 Å². The number of ether oxygens (including phenoxy) is 1. The molecule has 98 valence electrons. The van der Waals surface area contributed by atoms with Gasteiger partial charge in [-0.05, 0) is 44.7 Å². The minimum atomic E-state index is 0.323. The standard InChI is InChI=1S/C15H21NOS/c1-11-8-9-14(13(10-11)15(16)18)17-12-6-4-2-3-5-7-12/h8-10,12H,2-7H2,1H3,(H2,16,18). The molecule has 0 heterocycles. The van der Waals surface area contributed by atoms with Crippen LogP contribution in [-0.2, 0) is 0 Å². The monoisotopic (exact) mass is 263 g/mol. The molecule has 3 heteroatoms. The maximum Gasteiger partial charge on any atom is 0.129 e. The molecule has 0 bridgehead atoms. The molecule has 18 heavy (non-hydrogen) atoms. The van der Waals surface area contributed by atoms with Gasteiger partial charge in [0.2, 0.25) is 0 Å². The van der Waals surface area contributed by atoms with Crippen LogP contribution in [0.2, 0.25) is 0 Å². The third-order valence-corrected chi connectivity index (χ3v) is 3.72. The largest absolute Gasteiger partial charge is 0.490 e. The van der Waals surface area contributed by atoms with Crippen molar-refractivity contribution in [3.8, 4) is 5.75 Å². The SMILES string of the molecule is Cc1ccc(OC2CCCCCC2)c(C(N)=S)c1. The maximum absolute atomic E-state index is 6.12. The number of hydrogen-bond acceptors (Lipinski definition) is 2. The van der Waals surface area contributed by atoms with E-state index in [1.54, 1.807) is 0 Å². The second kappa shape index (κ2) is 6.19. The molecule has 0 amide bonds. The van der Waals surface area contributed by atoms with Gasteiger partial charge < -0.3 is 10.5 Å². The summed E-state index contributed by atoms with van der Waals surface area (Å²) in [4.78, 5) is 0.419. The highest BCUT2D eigenvalue weighted by Crippen LogP contribution is 2.26. The Kier molecular flexibility index (Phi) is 4.59. The van der Waals surface area contributed by atoms with Crippen molar-refractivity contribution < 1.29 is 4.74 Å². The Hall–Kier alpha value is -1.09. The number of aryl methyl sites for hydroxylation is 1. The minimum absolute atomic E-state index is 0.323. The Bertz CT molecular complexity index is 423. The summed E-state index contributed by atoms with van der Waals surface area (Å²) in [5, 5.41) is 0. The van der Waals surface area contributed by atoms with E-state index in [-0.39, 0.29) is 0 Å². The maximum atomic E-state index is 6.12. The molecule has 1 aromatic rings. The van der Waals surface area contributed by atoms with Gasteiger partial charge in [0.25, 0.3) is 0 Å². The Morgan fingerprint density at radius 3 is 2.50 bits per heavy atom. The van der Waals surface area contributed by atoms with E-state index >= 15 is 0 Å². The molecule has 2 rings (SSSR count). The second-order valence-corrected chi connectivity index (χ2v) is 5.54. The summed E-state index contributed by atoms with van der Waals surface area (Å²) < 4.78 is 6.12. The van der Waals surface area contributed by atoms with Gasteiger partial charge in [0.05, 0.1) is 11.7 Å². The molecular formula is C15H21NOS. The Morgan fingerprint density at radius 2 is 1.89 bits per heavy atom. The summed E-state index contributed by atoms with van der Waals surface area (Å²) in [6.45, 7) is 2.04. The van der Waals surface area contributed by atoms with Crippen molar-refractivity contribution in [2.45, 2.75) is 51.6 Å². The lowest BCUT2D eigenvalue weighted by molar-refractivity contribution is 0.183. The summed E-state index contributed by atoms with van der Waals surface area (Å²) in [6.07, 6.45) is 7.79. The number of thiocarbonyl (C=S) groups is 1. The van der Waals surface area contributed by atoms with Gasteiger partial charge in [-0.25, -0.2) is 0 Å². The van der Waals surface area contributed by atoms with E-state index in [1.807, 2.05) is 25.1 Å². The number of benzene rings is 1. The molecule has 0 saturated heterocycles. The summed E-state index contributed by atoms with van der Waals surface area (Å²) >= 11 is 5.10. The summed E-state index contributed by atoms with van der Waals surface area (Å²) in [5.41, 5.74) is 7.80. The molecule has 1 aliphatic rings. The summed E-state index contributed by atoms with van der Waals surface area (Å²) in [6, 6.07) is 6.05. The van der Waals surface area contributed by atoms with E-state index in [0.29, 0.717) is 11.1 Å². The van der Waals surface area contributed by atoms with Crippen LogP contribution < -0.4 is 10.5 Å². The quantitative estimate of drug-likeness (QED) is 0.666. The molecule has 0 aliphatic heterocycles. The number of rotatable bonds is 3. The van der Waals surface area contributed by atoms with E-state index < -0.39 is 0 Å². The van der Waals surface area contributed by atoms with E-state index in [9.17, 15) is 0 Å². The minimum Gasteiger partial charge on any atom is -0.490 e. The van der Waals surface area contributed by atoms with Crippen LogP contribution in [0, 0.1) is 6.92 Å². The second-order valence-electron chi connectivity index (χ2n) is 5.10. The molecule has 0 aromatic heterocycles. The molecule has 0 atom stereocenters. The third kappa shape index (κ3) is 3.45. The zero-order valence-electron chi connectivity index (χ0n) is 10.9. The predicted molar refractivity (Wildman–Crippen MR) is 79.2 cm³/mol. The summed E-state index contributed by atoms with van der Waals surface area (Å²) in [5.74, 6) is 0.847. The molecule has 2 nitrogen and oxygen atoms in total. The van der Waals surface area contributed by atoms with Crippen molar-refractivity contribution in [3.05, 3.63) is 29.3 Å². The van der Waals surface area contributed by atoms with Crippen molar-refractivity contribution in [3.63, 3.8) is 0 Å². The first-order chi connectivity index (χ1) is 8.66. The van der Waals surface area contributed by atoms with Crippen molar-refractivity contribution >= 4 is 17.2 Å². The van der Waals surface area contributed by atoms with E-state index in [1.165, 1.54) is 25.7 Å². The molecule has 0 spiro atoms. The van der Waals surface area contributed by atoms with Crippen molar-refractivity contribution in [2.24, 2.45) is 5.73 Å². The molecule has 1 fully saturated rings. The van der Waals surface area contributed by atoms with Crippen LogP contribution in [0.5, 0.6) is 5.75 Å². The van der Waals surface area contributed by atoms with Crippen LogP contribution in [0.25, 0.3) is 0 Å². The molecule has 1 aliphatic carbocycles. The fraction of sp³-hybridized carbons (Fsp3) is 0.533. The highest BCUT2D eigenvalue weighted by atomic mass is 32.1. The van der Waals surface area contributed by atoms with Crippen LogP contribution in [0.4, 0.5) is 0 Å². The Balaban J connectivity index is 2.14. The summed E-state index contributed by atoms with van der Waals surface area (Å²) in [7, 11) is 0. The van der Waals surface area contributed by atoms with Gasteiger partial charge in [-0.15, -0.1) is 0 Å². The van der Waals surface area contributed by atoms with Crippen molar-refractivity contribution in [1.29, 1.82) is 0 Å². The smallest absolute Gasteiger partial charge is 0.129 e. The van der Waals surface area contributed by atoms with Gasteiger partial charge in [0.15, 0.2) is 0 Å². The molecular weight excluding hydrogens is 242 g/mol. The van der Waals surface area contributed by atoms with Gasteiger partial charge in [-0.1, -0.05) is 36.7 Å². The van der Waals surface area contributed by atoms with Crippen LogP contribution in [-0.4, -0.2) is 11.1 Å². The van der Waals surface area contributed by atoms with Crippen molar-refractivity contribution in [1.82, 2.24) is 0 Å². The lowest BCUT2D eigenvalue weighted by atomic mass is 10.1. The molecule has 0 radical (unpaired) electrons. The topological polar surface area (TPSA) is 35.2 Å². The molecule has 2 N–H and O–H groups in total. The molecule has 0 unspecified atom stereocenters. The zero-order chi connectivity index (χ0) is 13.0. The molecule has 1 aromatic carbocycles. The highest BCUT2D eigenvalue weighted by molar-refractivity contribution is 7.80. The lowest BCUT2D eigenvalue weighted by Crippen LogP contribution is -2.19. The first-order valence-corrected chi connectivity index (χ1v) is 7.15. The predicted octanol–water partition coefficient (Wildman–Crippen LogP) is 3.73. The lowest BCUT2D eigenvalue weighted by Gasteiger charge is -2.19. The molecule has 1 saturated carbocycles. The van der Waals surface area contributed by atoms with Gasteiger partial charge in [0.1, 0.15) is 10.7 Å². The van der Waals surface area contributed by atoms with Gasteiger partial charge in [-0.2, -0.15) is 0 Å². The van der Waals surface area contributed by atoms with Crippen molar-refractivity contribution in [2.75, 3.05) is 0 Å². The third-order valence-electron chi connectivity index (χ3n) is 3.50.